The molecule has 0 spiro atoms. The van der Waals surface area contributed by atoms with Crippen molar-refractivity contribution in [2.24, 2.45) is 5.92 Å². The van der Waals surface area contributed by atoms with E-state index < -0.39 is 16.2 Å². The van der Waals surface area contributed by atoms with Crippen molar-refractivity contribution in [3.8, 4) is 11.8 Å². The van der Waals surface area contributed by atoms with Crippen molar-refractivity contribution < 1.29 is 12.6 Å². The summed E-state index contributed by atoms with van der Waals surface area (Å²) >= 11 is 0. The van der Waals surface area contributed by atoms with E-state index in [0.29, 0.717) is 0 Å². The Hall–Kier alpha value is -0.530. The van der Waals surface area contributed by atoms with Crippen molar-refractivity contribution in [1.82, 2.24) is 0 Å². The maximum atomic E-state index is 10.8. The molecular formula is C7H10O3S. The maximum Gasteiger partial charge on any atom is 0.268 e. The van der Waals surface area contributed by atoms with E-state index in [-0.39, 0.29) is 11.7 Å². The molecular weight excluding hydrogens is 164 g/mol. The lowest BCUT2D eigenvalue weighted by atomic mass is 10.1. The van der Waals surface area contributed by atoms with E-state index >= 15 is 0 Å². The van der Waals surface area contributed by atoms with E-state index in [4.69, 9.17) is 4.18 Å². The molecule has 0 amide bonds. The van der Waals surface area contributed by atoms with Gasteiger partial charge in [-0.15, -0.1) is 5.92 Å². The van der Waals surface area contributed by atoms with E-state index in [2.05, 4.69) is 11.8 Å². The molecule has 1 heterocycles. The van der Waals surface area contributed by atoms with Gasteiger partial charge in [-0.05, 0) is 6.92 Å². The molecule has 0 radical (unpaired) electrons. The molecule has 4 heteroatoms. The largest absolute Gasteiger partial charge is 0.268 e. The minimum atomic E-state index is -3.27. The van der Waals surface area contributed by atoms with Crippen molar-refractivity contribution in [2.45, 2.75) is 20.0 Å². The second-order valence-corrected chi connectivity index (χ2v) is 4.25. The van der Waals surface area contributed by atoms with Crippen molar-refractivity contribution in [3.05, 3.63) is 0 Å². The van der Waals surface area contributed by atoms with Crippen LogP contribution in [0.5, 0.6) is 0 Å². The Bertz CT molecular complexity index is 293. The molecule has 1 fully saturated rings. The Labute approximate surface area is 66.9 Å². The Morgan fingerprint density at radius 1 is 1.55 bits per heavy atom. The third kappa shape index (κ3) is 1.95. The van der Waals surface area contributed by atoms with Crippen LogP contribution in [0.3, 0.4) is 0 Å². The summed E-state index contributed by atoms with van der Waals surface area (Å²) in [5.74, 6) is 5.42. The lowest BCUT2D eigenvalue weighted by molar-refractivity contribution is 0.256. The van der Waals surface area contributed by atoms with Crippen LogP contribution in [0.4, 0.5) is 0 Å². The van der Waals surface area contributed by atoms with E-state index in [1.165, 1.54) is 0 Å². The van der Waals surface area contributed by atoms with Gasteiger partial charge in [-0.2, -0.15) is 8.42 Å². The average molecular weight is 174 g/mol. The van der Waals surface area contributed by atoms with Crippen LogP contribution in [0, 0.1) is 17.8 Å². The second-order valence-electron chi connectivity index (χ2n) is 2.61. The van der Waals surface area contributed by atoms with Crippen LogP contribution in [-0.2, 0) is 14.3 Å². The first-order valence-corrected chi connectivity index (χ1v) is 4.96. The normalized spacial score (nSPS) is 34.4. The molecule has 0 aromatic carbocycles. The first kappa shape index (κ1) is 8.57. The van der Waals surface area contributed by atoms with Gasteiger partial charge in [-0.3, -0.25) is 4.18 Å². The molecule has 1 rings (SSSR count). The van der Waals surface area contributed by atoms with Crippen LogP contribution in [0.2, 0.25) is 0 Å². The highest BCUT2D eigenvalue weighted by molar-refractivity contribution is 7.86. The van der Waals surface area contributed by atoms with E-state index in [1.54, 1.807) is 6.92 Å². The lowest BCUT2D eigenvalue weighted by Gasteiger charge is -2.01. The predicted molar refractivity (Wildman–Crippen MR) is 41.3 cm³/mol. The second kappa shape index (κ2) is 2.84. The highest BCUT2D eigenvalue weighted by Gasteiger charge is 2.34. The molecule has 0 aromatic rings. The lowest BCUT2D eigenvalue weighted by Crippen LogP contribution is -2.10. The number of rotatable bonds is 0. The minimum absolute atomic E-state index is 0.00699. The van der Waals surface area contributed by atoms with Crippen molar-refractivity contribution >= 4 is 10.1 Å². The van der Waals surface area contributed by atoms with E-state index in [9.17, 15) is 8.42 Å². The topological polar surface area (TPSA) is 43.4 Å². The first-order chi connectivity index (χ1) is 5.05. The molecule has 0 aromatic heterocycles. The van der Waals surface area contributed by atoms with Gasteiger partial charge in [-0.25, -0.2) is 0 Å². The van der Waals surface area contributed by atoms with Gasteiger partial charge in [0.15, 0.2) is 0 Å². The quantitative estimate of drug-likeness (QED) is 0.394. The maximum absolute atomic E-state index is 10.8. The summed E-state index contributed by atoms with van der Waals surface area (Å²) in [5, 5.41) is 0. The van der Waals surface area contributed by atoms with Crippen molar-refractivity contribution in [2.75, 3.05) is 5.75 Å². The van der Waals surface area contributed by atoms with Gasteiger partial charge in [-0.1, -0.05) is 12.8 Å². The zero-order valence-corrected chi connectivity index (χ0v) is 7.31. The summed E-state index contributed by atoms with van der Waals surface area (Å²) < 4.78 is 26.4. The monoisotopic (exact) mass is 174 g/mol. The Balaban J connectivity index is 2.80. The fourth-order valence-electron chi connectivity index (χ4n) is 1.01. The van der Waals surface area contributed by atoms with Gasteiger partial charge < -0.3 is 0 Å². The highest BCUT2D eigenvalue weighted by atomic mass is 32.2. The van der Waals surface area contributed by atoms with Crippen LogP contribution in [0.15, 0.2) is 0 Å². The third-order valence-corrected chi connectivity index (χ3v) is 2.96. The average Bonchev–Trinajstić information content (AvgIpc) is 2.07. The van der Waals surface area contributed by atoms with E-state index in [0.717, 1.165) is 0 Å². The van der Waals surface area contributed by atoms with Crippen LogP contribution < -0.4 is 0 Å². The fourth-order valence-corrected chi connectivity index (χ4v) is 2.46. The van der Waals surface area contributed by atoms with Gasteiger partial charge >= 0.3 is 0 Å². The smallest absolute Gasteiger partial charge is 0.253 e. The van der Waals surface area contributed by atoms with Crippen LogP contribution in [0.25, 0.3) is 0 Å². The predicted octanol–water partition coefficient (Wildman–Crippen LogP) is 0.374. The summed E-state index contributed by atoms with van der Waals surface area (Å²) in [6.07, 6.45) is -0.426. The zero-order chi connectivity index (χ0) is 8.48. The Morgan fingerprint density at radius 2 is 2.18 bits per heavy atom. The number of hydrogen-bond acceptors (Lipinski definition) is 3. The molecule has 1 aliphatic rings. The van der Waals surface area contributed by atoms with Crippen molar-refractivity contribution in [3.63, 3.8) is 0 Å². The number of hydrogen-bond donors (Lipinski definition) is 0. The summed E-state index contributed by atoms with van der Waals surface area (Å²) in [6.45, 7) is 3.49. The van der Waals surface area contributed by atoms with Crippen LogP contribution in [0.1, 0.15) is 13.8 Å². The summed E-state index contributed by atoms with van der Waals surface area (Å²) in [4.78, 5) is 0. The molecule has 2 atom stereocenters. The molecule has 3 nitrogen and oxygen atoms in total. The molecule has 2 unspecified atom stereocenters. The molecule has 0 bridgehead atoms. The molecule has 0 N–H and O–H groups in total. The minimum Gasteiger partial charge on any atom is -0.253 e. The SMILES string of the molecule is CC#CC1OS(=O)(=O)CC1C. The standard InChI is InChI=1S/C7H10O3S/c1-3-4-7-6(2)5-11(8,9)10-7/h6-7H,5H2,1-2H3. The summed E-state index contributed by atoms with van der Waals surface area (Å²) in [6, 6.07) is 0. The third-order valence-electron chi connectivity index (χ3n) is 1.52. The highest BCUT2D eigenvalue weighted by Crippen LogP contribution is 2.21. The Morgan fingerprint density at radius 3 is 2.55 bits per heavy atom. The van der Waals surface area contributed by atoms with Crippen molar-refractivity contribution in [1.29, 1.82) is 0 Å². The van der Waals surface area contributed by atoms with Gasteiger partial charge in [0.25, 0.3) is 10.1 Å². The molecule has 0 aliphatic carbocycles. The zero-order valence-electron chi connectivity index (χ0n) is 6.49. The van der Waals surface area contributed by atoms with Gasteiger partial charge in [0.1, 0.15) is 6.10 Å². The molecule has 11 heavy (non-hydrogen) atoms. The fraction of sp³-hybridized carbons (Fsp3) is 0.714. The van der Waals surface area contributed by atoms with Gasteiger partial charge in [0, 0.05) is 5.92 Å². The molecule has 62 valence electrons. The molecule has 0 saturated carbocycles. The van der Waals surface area contributed by atoms with Crippen LogP contribution >= 0.6 is 0 Å². The summed E-state index contributed by atoms with van der Waals surface area (Å²) in [5.41, 5.74) is 0. The Kier molecular flexibility index (Phi) is 2.21. The molecule has 1 aliphatic heterocycles. The summed E-state index contributed by atoms with van der Waals surface area (Å²) in [7, 11) is -3.27. The van der Waals surface area contributed by atoms with E-state index in [1.807, 2.05) is 6.92 Å². The first-order valence-electron chi connectivity index (χ1n) is 3.38. The molecule has 1 saturated heterocycles. The van der Waals surface area contributed by atoms with Gasteiger partial charge in [0.2, 0.25) is 0 Å². The van der Waals surface area contributed by atoms with Crippen LogP contribution in [-0.4, -0.2) is 20.3 Å². The van der Waals surface area contributed by atoms with Gasteiger partial charge in [0.05, 0.1) is 5.75 Å².